The Morgan fingerprint density at radius 1 is 0.889 bits per heavy atom. The molecular formula is C5H14Cl2Si2. The molecule has 0 heterocycles. The molecule has 0 N–H and O–H groups in total. The van der Waals surface area contributed by atoms with Gasteiger partial charge in [0, 0.05) is 0 Å². The Morgan fingerprint density at radius 3 is 1.11 bits per heavy atom. The fraction of sp³-hybridized carbons (Fsp3) is 1.00. The first-order valence-electron chi connectivity index (χ1n) is 3.09. The molecule has 0 saturated heterocycles. The first-order chi connectivity index (χ1) is 3.71. The smallest absolute Gasteiger partial charge is 0.149 e. The molecule has 0 aliphatic carbocycles. The number of hydrogen-bond acceptors (Lipinski definition) is 0. The van der Waals surface area contributed by atoms with Gasteiger partial charge in [0.15, 0.2) is 0 Å². The third kappa shape index (κ3) is 9.01. The van der Waals surface area contributed by atoms with Crippen LogP contribution >= 0.6 is 22.2 Å². The molecule has 0 unspecified atom stereocenters. The van der Waals surface area contributed by atoms with Gasteiger partial charge in [-0.2, -0.15) is 22.2 Å². The van der Waals surface area contributed by atoms with Crippen molar-refractivity contribution in [1.82, 2.24) is 0 Å². The molecule has 0 radical (unpaired) electrons. The quantitative estimate of drug-likeness (QED) is 0.474. The summed E-state index contributed by atoms with van der Waals surface area (Å²) in [5.41, 5.74) is 1.10. The molecule has 4 heteroatoms. The molecule has 0 aromatic carbocycles. The Labute approximate surface area is 69.0 Å². The minimum atomic E-state index is -1.39. The van der Waals surface area contributed by atoms with Gasteiger partial charge in [0.1, 0.15) is 14.8 Å². The van der Waals surface area contributed by atoms with Crippen molar-refractivity contribution in [3.8, 4) is 0 Å². The van der Waals surface area contributed by atoms with Gasteiger partial charge in [0.25, 0.3) is 0 Å². The van der Waals surface area contributed by atoms with Crippen LogP contribution in [0.15, 0.2) is 0 Å². The van der Waals surface area contributed by atoms with E-state index in [0.29, 0.717) is 0 Å². The van der Waals surface area contributed by atoms with Crippen molar-refractivity contribution >= 4 is 36.9 Å². The van der Waals surface area contributed by atoms with E-state index in [0.717, 1.165) is 5.67 Å². The predicted octanol–water partition coefficient (Wildman–Crippen LogP) is 3.41. The Morgan fingerprint density at radius 2 is 1.11 bits per heavy atom. The molecule has 0 aromatic rings. The lowest BCUT2D eigenvalue weighted by Gasteiger charge is -2.20. The second-order valence-corrected chi connectivity index (χ2v) is 18.0. The molecule has 0 fully saturated rings. The van der Waals surface area contributed by atoms with Gasteiger partial charge in [0.2, 0.25) is 0 Å². The molecule has 0 bridgehead atoms. The van der Waals surface area contributed by atoms with Crippen molar-refractivity contribution in [2.24, 2.45) is 0 Å². The van der Waals surface area contributed by atoms with Gasteiger partial charge in [-0.3, -0.25) is 0 Å². The van der Waals surface area contributed by atoms with Crippen LogP contribution in [0.3, 0.4) is 0 Å². The summed E-state index contributed by atoms with van der Waals surface area (Å²) < 4.78 is 0. The Hall–Kier alpha value is 1.01. The van der Waals surface area contributed by atoms with E-state index < -0.39 is 14.8 Å². The van der Waals surface area contributed by atoms with Crippen LogP contribution in [0.25, 0.3) is 0 Å². The zero-order chi connectivity index (χ0) is 7.71. The van der Waals surface area contributed by atoms with Crippen molar-refractivity contribution in [3.05, 3.63) is 0 Å². The van der Waals surface area contributed by atoms with Gasteiger partial charge in [-0.1, -0.05) is 26.2 Å². The zero-order valence-electron chi connectivity index (χ0n) is 6.46. The van der Waals surface area contributed by atoms with E-state index in [1.54, 1.807) is 0 Å². The van der Waals surface area contributed by atoms with E-state index in [9.17, 15) is 0 Å². The van der Waals surface area contributed by atoms with Crippen molar-refractivity contribution < 1.29 is 0 Å². The summed E-state index contributed by atoms with van der Waals surface area (Å²) in [5.74, 6) is 0. The molecule has 9 heavy (non-hydrogen) atoms. The van der Waals surface area contributed by atoms with Gasteiger partial charge >= 0.3 is 0 Å². The highest BCUT2D eigenvalue weighted by atomic mass is 35.6. The fourth-order valence-electron chi connectivity index (χ4n) is 1.000. The normalized spacial score (nSPS) is 14.0. The predicted molar refractivity (Wildman–Crippen MR) is 51.5 cm³/mol. The van der Waals surface area contributed by atoms with E-state index in [-0.39, 0.29) is 0 Å². The highest BCUT2D eigenvalue weighted by Gasteiger charge is 2.28. The van der Waals surface area contributed by atoms with Crippen molar-refractivity contribution in [2.45, 2.75) is 31.9 Å². The number of hydrogen-bond donors (Lipinski definition) is 0. The molecule has 0 atom stereocenters. The average molecular weight is 201 g/mol. The maximum atomic E-state index is 6.11. The summed E-state index contributed by atoms with van der Waals surface area (Å²) in [6.07, 6.45) is 0. The van der Waals surface area contributed by atoms with E-state index in [1.807, 2.05) is 0 Å². The summed E-state index contributed by atoms with van der Waals surface area (Å²) in [6.45, 7) is 8.58. The Kier molecular flexibility index (Phi) is 3.28. The standard InChI is InChI=1S/C5H14Cl2Si2/c1-8(2,6)5-9(3,4)7/h5H2,1-4H3. The lowest BCUT2D eigenvalue weighted by molar-refractivity contribution is 1.66. The third-order valence-corrected chi connectivity index (χ3v) is 9.97. The molecule has 0 spiro atoms. The molecular weight excluding hydrogens is 187 g/mol. The van der Waals surface area contributed by atoms with Crippen molar-refractivity contribution in [1.29, 1.82) is 0 Å². The first-order valence-corrected chi connectivity index (χ1v) is 11.5. The fourth-order valence-corrected chi connectivity index (χ4v) is 15.6. The maximum Gasteiger partial charge on any atom is 0.149 e. The van der Waals surface area contributed by atoms with Gasteiger partial charge in [0.05, 0.1) is 0 Å². The first kappa shape index (κ1) is 10.0. The van der Waals surface area contributed by atoms with Crippen molar-refractivity contribution in [2.75, 3.05) is 0 Å². The topological polar surface area (TPSA) is 0 Å². The maximum absolute atomic E-state index is 6.11. The summed E-state index contributed by atoms with van der Waals surface area (Å²) >= 11 is 12.2. The minimum Gasteiger partial charge on any atom is -0.168 e. The minimum absolute atomic E-state index is 1.10. The van der Waals surface area contributed by atoms with Crippen LogP contribution in [-0.2, 0) is 0 Å². The number of halogens is 2. The monoisotopic (exact) mass is 200 g/mol. The second kappa shape index (κ2) is 2.95. The molecule has 0 rings (SSSR count). The van der Waals surface area contributed by atoms with Gasteiger partial charge in [-0.25, -0.2) is 0 Å². The lowest BCUT2D eigenvalue weighted by atomic mass is 11.8. The highest BCUT2D eigenvalue weighted by Crippen LogP contribution is 2.24. The Balaban J connectivity index is 3.75. The van der Waals surface area contributed by atoms with Crippen molar-refractivity contribution in [3.63, 3.8) is 0 Å². The summed E-state index contributed by atoms with van der Waals surface area (Å²) in [7, 11) is -2.78. The zero-order valence-corrected chi connectivity index (χ0v) is 9.97. The van der Waals surface area contributed by atoms with E-state index >= 15 is 0 Å². The van der Waals surface area contributed by atoms with Crippen LogP contribution < -0.4 is 0 Å². The van der Waals surface area contributed by atoms with Crippen LogP contribution in [0.5, 0.6) is 0 Å². The van der Waals surface area contributed by atoms with E-state index in [2.05, 4.69) is 26.2 Å². The van der Waals surface area contributed by atoms with Gasteiger partial charge in [-0.15, -0.1) is 0 Å². The van der Waals surface area contributed by atoms with Gasteiger partial charge < -0.3 is 0 Å². The van der Waals surface area contributed by atoms with Crippen LogP contribution in [0.1, 0.15) is 0 Å². The van der Waals surface area contributed by atoms with E-state index in [1.165, 1.54) is 0 Å². The molecule has 0 saturated carbocycles. The summed E-state index contributed by atoms with van der Waals surface area (Å²) in [4.78, 5) is 0. The summed E-state index contributed by atoms with van der Waals surface area (Å²) in [6, 6.07) is 0. The van der Waals surface area contributed by atoms with Crippen LogP contribution in [0, 0.1) is 0 Å². The molecule has 56 valence electrons. The second-order valence-electron chi connectivity index (χ2n) is 3.61. The van der Waals surface area contributed by atoms with Crippen LogP contribution in [0.2, 0.25) is 31.9 Å². The Bertz CT molecular complexity index is 78.1. The lowest BCUT2D eigenvalue weighted by Crippen LogP contribution is -2.30. The summed E-state index contributed by atoms with van der Waals surface area (Å²) in [5, 5.41) is 0. The van der Waals surface area contributed by atoms with Crippen LogP contribution in [-0.4, -0.2) is 14.8 Å². The third-order valence-electron chi connectivity index (χ3n) is 0.841. The average Bonchev–Trinajstić information content (AvgIpc) is 1.14. The number of rotatable bonds is 2. The SMILES string of the molecule is C[Si](C)(Cl)C[Si](C)(C)Cl. The van der Waals surface area contributed by atoms with Crippen LogP contribution in [0.4, 0.5) is 0 Å². The molecule has 0 aromatic heterocycles. The molecule has 0 nitrogen and oxygen atoms in total. The molecule has 0 aliphatic rings. The van der Waals surface area contributed by atoms with Gasteiger partial charge in [-0.05, 0) is 5.67 Å². The largest absolute Gasteiger partial charge is 0.168 e. The highest BCUT2D eigenvalue weighted by molar-refractivity contribution is 7.31. The molecule has 0 aliphatic heterocycles. The molecule has 0 amide bonds. The van der Waals surface area contributed by atoms with E-state index in [4.69, 9.17) is 22.2 Å².